The number of alkyl halides is 1. The van der Waals surface area contributed by atoms with E-state index in [1.807, 2.05) is 0 Å². The summed E-state index contributed by atoms with van der Waals surface area (Å²) in [5.41, 5.74) is 0. The van der Waals surface area contributed by atoms with Gasteiger partial charge in [-0.15, -0.1) is 0 Å². The zero-order valence-corrected chi connectivity index (χ0v) is 15.5. The molecule has 0 aliphatic rings. The second-order valence-electron chi connectivity index (χ2n) is 6.11. The monoisotopic (exact) mass is 332 g/mol. The molecule has 0 nitrogen and oxygen atoms in total. The molecule has 0 saturated carbocycles. The molecule has 0 aromatic heterocycles. The van der Waals surface area contributed by atoms with E-state index in [0.29, 0.717) is 4.32 Å². The summed E-state index contributed by atoms with van der Waals surface area (Å²) in [6.07, 6.45) is 16.7. The molecule has 0 aromatic carbocycles. The first-order chi connectivity index (χ1) is 9.14. The van der Waals surface area contributed by atoms with Crippen molar-refractivity contribution < 1.29 is 0 Å². The van der Waals surface area contributed by atoms with Gasteiger partial charge in [0.15, 0.2) is 0 Å². The topological polar surface area (TPSA) is 0 Å². The maximum atomic E-state index is 4.02. The third-order valence-corrected chi connectivity index (χ3v) is 6.58. The number of hydrogen-bond donors (Lipinski definition) is 0. The van der Waals surface area contributed by atoms with Gasteiger partial charge >= 0.3 is 0 Å². The molecule has 0 amide bonds. The molecule has 19 heavy (non-hydrogen) atoms. The second kappa shape index (κ2) is 12.2. The average molecular weight is 333 g/mol. The quantitative estimate of drug-likeness (QED) is 0.242. The van der Waals surface area contributed by atoms with Crippen molar-refractivity contribution in [1.29, 1.82) is 0 Å². The molecule has 0 aliphatic heterocycles. The fourth-order valence-electron chi connectivity index (χ4n) is 3.18. The maximum absolute atomic E-state index is 4.02. The van der Waals surface area contributed by atoms with Crippen LogP contribution in [0.1, 0.15) is 105 Å². The third kappa shape index (κ3) is 8.38. The summed E-state index contributed by atoms with van der Waals surface area (Å²) < 4.78 is 0.406. The minimum Gasteiger partial charge on any atom is -0.0851 e. The fourth-order valence-corrected chi connectivity index (χ4v) is 3.73. The predicted molar refractivity (Wildman–Crippen MR) is 93.2 cm³/mol. The van der Waals surface area contributed by atoms with E-state index in [0.717, 1.165) is 5.92 Å². The Morgan fingerprint density at radius 2 is 1.21 bits per heavy atom. The number of rotatable bonds is 13. The van der Waals surface area contributed by atoms with Crippen molar-refractivity contribution in [3.8, 4) is 0 Å². The Morgan fingerprint density at radius 3 is 1.63 bits per heavy atom. The first-order valence-electron chi connectivity index (χ1n) is 8.83. The van der Waals surface area contributed by atoms with Crippen LogP contribution < -0.4 is 0 Å². The standard InChI is InChI=1S/C18H37Br/c1-5-9-10-11-12-13-14-15-16-17(6-2)18(19,7-3)8-4/h17H,5-16H2,1-4H3. The Balaban J connectivity index is 3.67. The van der Waals surface area contributed by atoms with Gasteiger partial charge in [0.25, 0.3) is 0 Å². The Morgan fingerprint density at radius 1 is 0.737 bits per heavy atom. The molecule has 0 aromatic rings. The van der Waals surface area contributed by atoms with Crippen molar-refractivity contribution in [2.75, 3.05) is 0 Å². The molecule has 1 heteroatoms. The van der Waals surface area contributed by atoms with Gasteiger partial charge < -0.3 is 0 Å². The summed E-state index contributed by atoms with van der Waals surface area (Å²) in [7, 11) is 0. The fraction of sp³-hybridized carbons (Fsp3) is 1.00. The highest BCUT2D eigenvalue weighted by Crippen LogP contribution is 2.39. The Bertz CT molecular complexity index is 184. The van der Waals surface area contributed by atoms with Crippen molar-refractivity contribution in [2.45, 2.75) is 109 Å². The van der Waals surface area contributed by atoms with Crippen LogP contribution in [-0.4, -0.2) is 4.32 Å². The van der Waals surface area contributed by atoms with Crippen LogP contribution in [0.2, 0.25) is 0 Å². The summed E-state index contributed by atoms with van der Waals surface area (Å²) in [6, 6.07) is 0. The Hall–Kier alpha value is 0.480. The molecule has 0 heterocycles. The van der Waals surface area contributed by atoms with Gasteiger partial charge in [-0.05, 0) is 25.2 Å². The smallest absolute Gasteiger partial charge is 0.0280 e. The van der Waals surface area contributed by atoms with Crippen LogP contribution in [0.25, 0.3) is 0 Å². The maximum Gasteiger partial charge on any atom is 0.0280 e. The van der Waals surface area contributed by atoms with E-state index in [1.165, 1.54) is 77.0 Å². The molecule has 1 atom stereocenters. The van der Waals surface area contributed by atoms with Crippen molar-refractivity contribution >= 4 is 15.9 Å². The van der Waals surface area contributed by atoms with Gasteiger partial charge in [0.1, 0.15) is 0 Å². The molecule has 0 aliphatic carbocycles. The van der Waals surface area contributed by atoms with Gasteiger partial charge in [-0.25, -0.2) is 0 Å². The zero-order valence-electron chi connectivity index (χ0n) is 13.9. The molecule has 0 N–H and O–H groups in total. The van der Waals surface area contributed by atoms with Crippen molar-refractivity contribution in [2.24, 2.45) is 5.92 Å². The minimum atomic E-state index is 0.406. The van der Waals surface area contributed by atoms with Gasteiger partial charge in [-0.1, -0.05) is 101 Å². The van der Waals surface area contributed by atoms with Crippen LogP contribution in [0.15, 0.2) is 0 Å². The van der Waals surface area contributed by atoms with Crippen LogP contribution in [0, 0.1) is 5.92 Å². The molecule has 116 valence electrons. The highest BCUT2D eigenvalue weighted by atomic mass is 79.9. The van der Waals surface area contributed by atoms with Crippen LogP contribution in [0.5, 0.6) is 0 Å². The Kier molecular flexibility index (Phi) is 12.5. The van der Waals surface area contributed by atoms with Crippen molar-refractivity contribution in [3.63, 3.8) is 0 Å². The van der Waals surface area contributed by atoms with Crippen molar-refractivity contribution in [1.82, 2.24) is 0 Å². The van der Waals surface area contributed by atoms with Gasteiger partial charge in [-0.2, -0.15) is 0 Å². The van der Waals surface area contributed by atoms with E-state index in [-0.39, 0.29) is 0 Å². The molecule has 0 radical (unpaired) electrons. The molecule has 1 unspecified atom stereocenters. The van der Waals surface area contributed by atoms with Crippen LogP contribution >= 0.6 is 15.9 Å². The lowest BCUT2D eigenvalue weighted by molar-refractivity contribution is 0.321. The second-order valence-corrected chi connectivity index (χ2v) is 7.69. The summed E-state index contributed by atoms with van der Waals surface area (Å²) in [5.74, 6) is 0.864. The lowest BCUT2D eigenvalue weighted by atomic mass is 9.82. The molecule has 0 rings (SSSR count). The van der Waals surface area contributed by atoms with Crippen LogP contribution in [0.3, 0.4) is 0 Å². The number of halogens is 1. The summed E-state index contributed by atoms with van der Waals surface area (Å²) >= 11 is 4.02. The normalized spacial score (nSPS) is 13.7. The van der Waals surface area contributed by atoms with Gasteiger partial charge in [-0.3, -0.25) is 0 Å². The van der Waals surface area contributed by atoms with E-state index >= 15 is 0 Å². The Labute approximate surface area is 131 Å². The lowest BCUT2D eigenvalue weighted by Crippen LogP contribution is -2.29. The first kappa shape index (κ1) is 19.5. The summed E-state index contributed by atoms with van der Waals surface area (Å²) in [6.45, 7) is 9.30. The van der Waals surface area contributed by atoms with Crippen molar-refractivity contribution in [3.05, 3.63) is 0 Å². The molecule has 0 bridgehead atoms. The minimum absolute atomic E-state index is 0.406. The summed E-state index contributed by atoms with van der Waals surface area (Å²) in [4.78, 5) is 0. The third-order valence-electron chi connectivity index (χ3n) is 4.81. The van der Waals surface area contributed by atoms with E-state index in [2.05, 4.69) is 43.6 Å². The average Bonchev–Trinajstić information content (AvgIpc) is 2.45. The van der Waals surface area contributed by atoms with Gasteiger partial charge in [0.05, 0.1) is 0 Å². The SMILES string of the molecule is CCCCCCCCCCC(CC)C(Br)(CC)CC. The molecule has 0 spiro atoms. The van der Waals surface area contributed by atoms with E-state index < -0.39 is 0 Å². The van der Waals surface area contributed by atoms with E-state index in [9.17, 15) is 0 Å². The lowest BCUT2D eigenvalue weighted by Gasteiger charge is -2.34. The van der Waals surface area contributed by atoms with Crippen LogP contribution in [-0.2, 0) is 0 Å². The number of unbranched alkanes of at least 4 members (excludes halogenated alkanes) is 7. The highest BCUT2D eigenvalue weighted by Gasteiger charge is 2.30. The van der Waals surface area contributed by atoms with E-state index in [1.54, 1.807) is 0 Å². The largest absolute Gasteiger partial charge is 0.0851 e. The first-order valence-corrected chi connectivity index (χ1v) is 9.62. The predicted octanol–water partition coefficient (Wildman–Crippen LogP) is 7.50. The van der Waals surface area contributed by atoms with E-state index in [4.69, 9.17) is 0 Å². The van der Waals surface area contributed by atoms with Gasteiger partial charge in [0.2, 0.25) is 0 Å². The molecule has 0 saturated heterocycles. The number of hydrogen-bond acceptors (Lipinski definition) is 0. The summed E-state index contributed by atoms with van der Waals surface area (Å²) in [5, 5.41) is 0. The zero-order chi connectivity index (χ0) is 14.6. The van der Waals surface area contributed by atoms with Crippen LogP contribution in [0.4, 0.5) is 0 Å². The highest BCUT2D eigenvalue weighted by molar-refractivity contribution is 9.10. The van der Waals surface area contributed by atoms with Gasteiger partial charge in [0, 0.05) is 4.32 Å². The molecular weight excluding hydrogens is 296 g/mol. The molecular formula is C18H37Br. The molecule has 0 fully saturated rings.